The maximum absolute atomic E-state index is 12.9. The van der Waals surface area contributed by atoms with Crippen LogP contribution in [0.15, 0.2) is 18.3 Å². The minimum Gasteiger partial charge on any atom is -0.349 e. The van der Waals surface area contributed by atoms with Gasteiger partial charge < -0.3 is 5.32 Å². The van der Waals surface area contributed by atoms with Crippen LogP contribution in [0.4, 0.5) is 4.39 Å². The molecule has 1 saturated carbocycles. The van der Waals surface area contributed by atoms with E-state index in [9.17, 15) is 9.18 Å². The Morgan fingerprint density at radius 3 is 3.00 bits per heavy atom. The fourth-order valence-electron chi connectivity index (χ4n) is 2.44. The number of carbonyl (C=O) groups is 1. The molecule has 98 valence electrons. The third kappa shape index (κ3) is 3.52. The molecular formula is C14H19FN2O. The summed E-state index contributed by atoms with van der Waals surface area (Å²) < 4.78 is 12.9. The molecule has 0 bridgehead atoms. The lowest BCUT2D eigenvalue weighted by atomic mass is 10.0. The molecule has 1 fully saturated rings. The Morgan fingerprint density at radius 2 is 2.22 bits per heavy atom. The molecule has 1 amide bonds. The van der Waals surface area contributed by atoms with Crippen molar-refractivity contribution in [1.82, 2.24) is 10.3 Å². The molecule has 2 unspecified atom stereocenters. The second-order valence-corrected chi connectivity index (χ2v) is 5.15. The van der Waals surface area contributed by atoms with Crippen molar-refractivity contribution in [1.29, 1.82) is 0 Å². The smallest absolute Gasteiger partial charge is 0.251 e. The molecule has 1 aromatic heterocycles. The van der Waals surface area contributed by atoms with Gasteiger partial charge in [-0.15, -0.1) is 0 Å². The second kappa shape index (κ2) is 5.94. The summed E-state index contributed by atoms with van der Waals surface area (Å²) in [5.74, 6) is -0.0711. The van der Waals surface area contributed by atoms with Gasteiger partial charge in [0.15, 0.2) is 0 Å². The van der Waals surface area contributed by atoms with Gasteiger partial charge in [0.05, 0.1) is 0 Å². The maximum atomic E-state index is 12.9. The van der Waals surface area contributed by atoms with Crippen molar-refractivity contribution in [3.8, 4) is 0 Å². The lowest BCUT2D eigenvalue weighted by Crippen LogP contribution is -2.34. The van der Waals surface area contributed by atoms with Crippen molar-refractivity contribution in [2.24, 2.45) is 5.92 Å². The van der Waals surface area contributed by atoms with Crippen LogP contribution in [0.3, 0.4) is 0 Å². The normalized spacial score (nSPS) is 24.3. The molecule has 2 rings (SSSR count). The number of carbonyl (C=O) groups excluding carboxylic acids is 1. The van der Waals surface area contributed by atoms with E-state index in [-0.39, 0.29) is 11.9 Å². The van der Waals surface area contributed by atoms with Gasteiger partial charge in [-0.3, -0.25) is 4.79 Å². The summed E-state index contributed by atoms with van der Waals surface area (Å²) >= 11 is 0. The third-order valence-electron chi connectivity index (χ3n) is 3.58. The van der Waals surface area contributed by atoms with E-state index < -0.39 is 5.95 Å². The number of hydrogen-bond acceptors (Lipinski definition) is 2. The predicted octanol–water partition coefficient (Wildman–Crippen LogP) is 2.92. The average Bonchev–Trinajstić information content (AvgIpc) is 2.54. The van der Waals surface area contributed by atoms with Crippen LogP contribution in [0.1, 0.15) is 49.4 Å². The minimum absolute atomic E-state index is 0.198. The van der Waals surface area contributed by atoms with Gasteiger partial charge in [-0.05, 0) is 31.2 Å². The van der Waals surface area contributed by atoms with E-state index in [1.807, 2.05) is 0 Å². The third-order valence-corrected chi connectivity index (χ3v) is 3.58. The molecule has 0 spiro atoms. The Kier molecular flexibility index (Phi) is 4.28. The van der Waals surface area contributed by atoms with Crippen LogP contribution >= 0.6 is 0 Å². The van der Waals surface area contributed by atoms with Crippen molar-refractivity contribution < 1.29 is 9.18 Å². The molecule has 1 N–H and O–H groups in total. The van der Waals surface area contributed by atoms with Gasteiger partial charge in [-0.25, -0.2) is 4.98 Å². The summed E-state index contributed by atoms with van der Waals surface area (Å²) in [6, 6.07) is 2.94. The molecular weight excluding hydrogens is 231 g/mol. The van der Waals surface area contributed by atoms with Crippen LogP contribution in [0.25, 0.3) is 0 Å². The van der Waals surface area contributed by atoms with Crippen molar-refractivity contribution in [3.05, 3.63) is 29.8 Å². The van der Waals surface area contributed by atoms with E-state index in [0.717, 1.165) is 31.6 Å². The van der Waals surface area contributed by atoms with E-state index in [4.69, 9.17) is 0 Å². The van der Waals surface area contributed by atoms with E-state index in [2.05, 4.69) is 17.2 Å². The van der Waals surface area contributed by atoms with Gasteiger partial charge in [0.2, 0.25) is 5.95 Å². The first-order valence-corrected chi connectivity index (χ1v) is 6.57. The fourth-order valence-corrected chi connectivity index (χ4v) is 2.44. The van der Waals surface area contributed by atoms with E-state index >= 15 is 0 Å². The number of nitrogens with one attached hydrogen (secondary N) is 1. The lowest BCUT2D eigenvalue weighted by Gasteiger charge is -2.16. The first kappa shape index (κ1) is 13.0. The molecule has 0 aliphatic heterocycles. The summed E-state index contributed by atoms with van der Waals surface area (Å²) in [4.78, 5) is 15.4. The molecule has 1 heterocycles. The zero-order valence-corrected chi connectivity index (χ0v) is 10.7. The van der Waals surface area contributed by atoms with Crippen molar-refractivity contribution in [3.63, 3.8) is 0 Å². The number of halogens is 1. The number of aromatic nitrogens is 1. The number of hydrogen-bond donors (Lipinski definition) is 1. The maximum Gasteiger partial charge on any atom is 0.251 e. The van der Waals surface area contributed by atoms with E-state index in [0.29, 0.717) is 5.56 Å². The van der Waals surface area contributed by atoms with Crippen molar-refractivity contribution in [2.75, 3.05) is 0 Å². The van der Waals surface area contributed by atoms with E-state index in [1.165, 1.54) is 24.8 Å². The van der Waals surface area contributed by atoms with Gasteiger partial charge in [0.1, 0.15) is 0 Å². The monoisotopic (exact) mass is 250 g/mol. The highest BCUT2D eigenvalue weighted by atomic mass is 19.1. The molecule has 1 aromatic rings. The number of pyridine rings is 1. The Bertz CT molecular complexity index is 422. The number of amides is 1. The van der Waals surface area contributed by atoms with Crippen LogP contribution in [0, 0.1) is 11.9 Å². The minimum atomic E-state index is -0.614. The standard InChI is InChI=1S/C14H19FN2O/c1-10-3-2-4-12(6-5-10)17-14(18)11-7-8-16-13(15)9-11/h7-10,12H,2-6H2,1H3,(H,17,18). The lowest BCUT2D eigenvalue weighted by molar-refractivity contribution is 0.0932. The first-order chi connectivity index (χ1) is 8.65. The molecule has 0 saturated heterocycles. The molecule has 1 aliphatic rings. The van der Waals surface area contributed by atoms with Crippen LogP contribution in [0.2, 0.25) is 0 Å². The van der Waals surface area contributed by atoms with Gasteiger partial charge in [-0.2, -0.15) is 4.39 Å². The molecule has 4 heteroatoms. The fraction of sp³-hybridized carbons (Fsp3) is 0.571. The summed E-state index contributed by atoms with van der Waals surface area (Å²) in [6.45, 7) is 2.25. The molecule has 0 radical (unpaired) electrons. The van der Waals surface area contributed by atoms with Gasteiger partial charge in [0.25, 0.3) is 5.91 Å². The van der Waals surface area contributed by atoms with Crippen molar-refractivity contribution in [2.45, 2.75) is 45.1 Å². The first-order valence-electron chi connectivity index (χ1n) is 6.57. The Morgan fingerprint density at radius 1 is 1.39 bits per heavy atom. The molecule has 2 atom stereocenters. The van der Waals surface area contributed by atoms with Crippen LogP contribution in [-0.4, -0.2) is 16.9 Å². The Labute approximate surface area is 107 Å². The summed E-state index contributed by atoms with van der Waals surface area (Å²) in [6.07, 6.45) is 6.88. The average molecular weight is 250 g/mol. The Hall–Kier alpha value is -1.45. The van der Waals surface area contributed by atoms with E-state index in [1.54, 1.807) is 0 Å². The summed E-state index contributed by atoms with van der Waals surface area (Å²) in [5.41, 5.74) is 0.347. The van der Waals surface area contributed by atoms with Gasteiger partial charge in [0, 0.05) is 23.9 Å². The Balaban J connectivity index is 1.94. The molecule has 0 aromatic carbocycles. The SMILES string of the molecule is CC1CCCC(NC(=O)c2ccnc(F)c2)CC1. The van der Waals surface area contributed by atoms with Crippen LogP contribution < -0.4 is 5.32 Å². The van der Waals surface area contributed by atoms with Gasteiger partial charge >= 0.3 is 0 Å². The zero-order chi connectivity index (χ0) is 13.0. The predicted molar refractivity (Wildman–Crippen MR) is 67.7 cm³/mol. The molecule has 18 heavy (non-hydrogen) atoms. The van der Waals surface area contributed by atoms with Crippen LogP contribution in [0.5, 0.6) is 0 Å². The quantitative estimate of drug-likeness (QED) is 0.647. The molecule has 1 aliphatic carbocycles. The summed E-state index contributed by atoms with van der Waals surface area (Å²) in [5, 5.41) is 2.99. The second-order valence-electron chi connectivity index (χ2n) is 5.15. The number of rotatable bonds is 2. The van der Waals surface area contributed by atoms with Gasteiger partial charge in [-0.1, -0.05) is 19.8 Å². The highest BCUT2D eigenvalue weighted by Gasteiger charge is 2.18. The highest BCUT2D eigenvalue weighted by Crippen LogP contribution is 2.22. The van der Waals surface area contributed by atoms with Crippen molar-refractivity contribution >= 4 is 5.91 Å². The van der Waals surface area contributed by atoms with Crippen LogP contribution in [-0.2, 0) is 0 Å². The largest absolute Gasteiger partial charge is 0.349 e. The number of nitrogens with zero attached hydrogens (tertiary/aromatic N) is 1. The topological polar surface area (TPSA) is 42.0 Å². The zero-order valence-electron chi connectivity index (χ0n) is 10.7. The highest BCUT2D eigenvalue weighted by molar-refractivity contribution is 5.94. The summed E-state index contributed by atoms with van der Waals surface area (Å²) in [7, 11) is 0. The molecule has 3 nitrogen and oxygen atoms in total.